The highest BCUT2D eigenvalue weighted by Gasteiger charge is 2.05. The van der Waals surface area contributed by atoms with Crippen LogP contribution in [0.15, 0.2) is 45.3 Å². The minimum atomic E-state index is 0.856. The van der Waals surface area contributed by atoms with E-state index in [1.807, 2.05) is 30.4 Å². The molecule has 0 saturated heterocycles. The Morgan fingerprint density at radius 2 is 2.19 bits per heavy atom. The van der Waals surface area contributed by atoms with Crippen molar-refractivity contribution in [3.8, 4) is 0 Å². The van der Waals surface area contributed by atoms with Gasteiger partial charge in [-0.2, -0.15) is 0 Å². The largest absolute Gasteiger partial charge is 0.361 e. The number of hydrogen-bond donors (Lipinski definition) is 3. The van der Waals surface area contributed by atoms with Crippen LogP contribution < -0.4 is 10.6 Å². The van der Waals surface area contributed by atoms with Crippen LogP contribution in [0.1, 0.15) is 17.5 Å². The number of nitrogens with zero attached hydrogens (tertiary/aromatic N) is 2. The van der Waals surface area contributed by atoms with Crippen molar-refractivity contribution in [3.63, 3.8) is 0 Å². The molecule has 0 unspecified atom stereocenters. The topological polar surface area (TPSA) is 65.1 Å². The Labute approximate surface area is 162 Å². The average molecular weight is 388 g/mol. The second-order valence-electron chi connectivity index (χ2n) is 5.99. The monoisotopic (exact) mass is 387 g/mol. The fraction of sp³-hybridized carbons (Fsp3) is 0.368. The van der Waals surface area contributed by atoms with Crippen LogP contribution in [0.5, 0.6) is 0 Å². The third-order valence-corrected chi connectivity index (χ3v) is 6.22. The highest BCUT2D eigenvalue weighted by molar-refractivity contribution is 8.00. The molecule has 2 heterocycles. The number of aromatic nitrogens is 2. The molecule has 2 aromatic heterocycles. The van der Waals surface area contributed by atoms with Gasteiger partial charge >= 0.3 is 0 Å². The third kappa shape index (κ3) is 5.02. The molecule has 0 aliphatic heterocycles. The fourth-order valence-electron chi connectivity index (χ4n) is 2.83. The van der Waals surface area contributed by atoms with E-state index < -0.39 is 0 Å². The first kappa shape index (κ1) is 18.8. The third-order valence-electron chi connectivity index (χ3n) is 4.17. The number of benzene rings is 1. The number of aromatic amines is 1. The van der Waals surface area contributed by atoms with Gasteiger partial charge in [-0.05, 0) is 30.9 Å². The first-order valence-electron chi connectivity index (χ1n) is 8.80. The zero-order valence-corrected chi connectivity index (χ0v) is 16.8. The Balaban J connectivity index is 1.38. The highest BCUT2D eigenvalue weighted by Crippen LogP contribution is 2.21. The molecule has 0 spiro atoms. The summed E-state index contributed by atoms with van der Waals surface area (Å²) in [6, 6.07) is 6.44. The number of aliphatic imine (C=N–C) groups is 1. The van der Waals surface area contributed by atoms with Gasteiger partial charge in [0.15, 0.2) is 5.96 Å². The molecule has 0 bridgehead atoms. The Hall–Kier alpha value is -1.99. The SMILES string of the molecule is CN=C(NCCCSc1nccs1)NCCc1c[nH]c2c(C)cccc12. The lowest BCUT2D eigenvalue weighted by Gasteiger charge is -2.11. The summed E-state index contributed by atoms with van der Waals surface area (Å²) in [5, 5.41) is 10.1. The van der Waals surface area contributed by atoms with Crippen LogP contribution in [0, 0.1) is 6.92 Å². The maximum absolute atomic E-state index is 4.30. The molecule has 0 aliphatic rings. The van der Waals surface area contributed by atoms with Crippen LogP contribution in [0.2, 0.25) is 0 Å². The van der Waals surface area contributed by atoms with Gasteiger partial charge in [0.05, 0.1) is 0 Å². The fourth-order valence-corrected chi connectivity index (χ4v) is 4.47. The molecule has 0 saturated carbocycles. The van der Waals surface area contributed by atoms with Gasteiger partial charge < -0.3 is 15.6 Å². The van der Waals surface area contributed by atoms with Crippen molar-refractivity contribution in [1.82, 2.24) is 20.6 Å². The lowest BCUT2D eigenvalue weighted by Crippen LogP contribution is -2.38. The first-order valence-corrected chi connectivity index (χ1v) is 10.7. The predicted molar refractivity (Wildman–Crippen MR) is 114 cm³/mol. The molecule has 0 fully saturated rings. The predicted octanol–water partition coefficient (Wildman–Crippen LogP) is 3.82. The number of thiazole rings is 1. The zero-order chi connectivity index (χ0) is 18.2. The molecule has 7 heteroatoms. The van der Waals surface area contributed by atoms with Crippen molar-refractivity contribution >= 4 is 40.0 Å². The summed E-state index contributed by atoms with van der Waals surface area (Å²) >= 11 is 3.50. The maximum atomic E-state index is 4.30. The average Bonchev–Trinajstić information content (AvgIpc) is 3.31. The number of hydrogen-bond acceptors (Lipinski definition) is 4. The standard InChI is InChI=1S/C19H25N5S2/c1-14-5-3-6-16-15(13-24-17(14)16)7-9-22-18(20-2)21-8-4-11-25-19-23-10-12-26-19/h3,5-6,10,12-13,24H,4,7-9,11H2,1-2H3,(H2,20,21,22). The van der Waals surface area contributed by atoms with Gasteiger partial charge in [-0.3, -0.25) is 4.99 Å². The lowest BCUT2D eigenvalue weighted by molar-refractivity contribution is 0.778. The molecule has 0 amide bonds. The van der Waals surface area contributed by atoms with Crippen molar-refractivity contribution in [3.05, 3.63) is 47.1 Å². The number of guanidine groups is 1. The Morgan fingerprint density at radius 1 is 1.31 bits per heavy atom. The number of H-pyrrole nitrogens is 1. The van der Waals surface area contributed by atoms with Gasteiger partial charge in [-0.1, -0.05) is 30.0 Å². The summed E-state index contributed by atoms with van der Waals surface area (Å²) < 4.78 is 1.14. The summed E-state index contributed by atoms with van der Waals surface area (Å²) in [4.78, 5) is 12.0. The van der Waals surface area contributed by atoms with Gasteiger partial charge in [0.2, 0.25) is 0 Å². The van der Waals surface area contributed by atoms with Crippen LogP contribution in [0.3, 0.4) is 0 Å². The van der Waals surface area contributed by atoms with Crippen molar-refractivity contribution in [2.24, 2.45) is 4.99 Å². The van der Waals surface area contributed by atoms with E-state index in [0.29, 0.717) is 0 Å². The summed E-state index contributed by atoms with van der Waals surface area (Å²) in [5.41, 5.74) is 3.86. The van der Waals surface area contributed by atoms with Crippen molar-refractivity contribution < 1.29 is 0 Å². The van der Waals surface area contributed by atoms with E-state index in [0.717, 1.165) is 42.0 Å². The van der Waals surface area contributed by atoms with E-state index in [1.54, 1.807) is 11.3 Å². The number of para-hydroxylation sites is 1. The molecular formula is C19H25N5S2. The maximum Gasteiger partial charge on any atom is 0.190 e. The normalized spacial score (nSPS) is 11.8. The summed E-state index contributed by atoms with van der Waals surface area (Å²) in [6.45, 7) is 3.90. The quantitative estimate of drug-likeness (QED) is 0.238. The summed E-state index contributed by atoms with van der Waals surface area (Å²) in [7, 11) is 1.81. The van der Waals surface area contributed by atoms with E-state index in [9.17, 15) is 0 Å². The highest BCUT2D eigenvalue weighted by atomic mass is 32.2. The summed E-state index contributed by atoms with van der Waals surface area (Å²) in [6.07, 6.45) is 6.01. The molecule has 0 atom stereocenters. The van der Waals surface area contributed by atoms with Crippen LogP contribution in [-0.2, 0) is 6.42 Å². The number of rotatable bonds is 8. The smallest absolute Gasteiger partial charge is 0.190 e. The van der Waals surface area contributed by atoms with E-state index in [-0.39, 0.29) is 0 Å². The van der Waals surface area contributed by atoms with E-state index in [2.05, 4.69) is 56.9 Å². The van der Waals surface area contributed by atoms with E-state index in [4.69, 9.17) is 0 Å². The molecule has 0 radical (unpaired) electrons. The van der Waals surface area contributed by atoms with Crippen LogP contribution in [0.4, 0.5) is 0 Å². The summed E-state index contributed by atoms with van der Waals surface area (Å²) in [5.74, 6) is 1.92. The molecule has 5 nitrogen and oxygen atoms in total. The second-order valence-corrected chi connectivity index (χ2v) is 8.22. The Kier molecular flexibility index (Phi) is 6.96. The van der Waals surface area contributed by atoms with Crippen LogP contribution in [0.25, 0.3) is 10.9 Å². The number of aryl methyl sites for hydroxylation is 1. The van der Waals surface area contributed by atoms with Gasteiger partial charge in [0.25, 0.3) is 0 Å². The zero-order valence-electron chi connectivity index (χ0n) is 15.2. The van der Waals surface area contributed by atoms with Gasteiger partial charge in [-0.15, -0.1) is 11.3 Å². The molecule has 3 rings (SSSR count). The lowest BCUT2D eigenvalue weighted by atomic mass is 10.1. The number of nitrogens with one attached hydrogen (secondary N) is 3. The molecular weight excluding hydrogens is 362 g/mol. The molecule has 1 aromatic carbocycles. The Bertz CT molecular complexity index is 839. The van der Waals surface area contributed by atoms with Gasteiger partial charge in [-0.25, -0.2) is 4.98 Å². The van der Waals surface area contributed by atoms with Gasteiger partial charge in [0.1, 0.15) is 4.34 Å². The van der Waals surface area contributed by atoms with Crippen molar-refractivity contribution in [1.29, 1.82) is 0 Å². The molecule has 0 aliphatic carbocycles. The Morgan fingerprint density at radius 3 is 3.00 bits per heavy atom. The van der Waals surface area contributed by atoms with E-state index in [1.165, 1.54) is 22.0 Å². The molecule has 3 aromatic rings. The minimum absolute atomic E-state index is 0.856. The number of thioether (sulfide) groups is 1. The molecule has 138 valence electrons. The van der Waals surface area contributed by atoms with Crippen LogP contribution >= 0.6 is 23.1 Å². The molecule has 26 heavy (non-hydrogen) atoms. The number of fused-ring (bicyclic) bond motifs is 1. The molecule has 3 N–H and O–H groups in total. The van der Waals surface area contributed by atoms with Crippen LogP contribution in [-0.4, -0.2) is 41.8 Å². The van der Waals surface area contributed by atoms with Crippen molar-refractivity contribution in [2.45, 2.75) is 24.1 Å². The first-order chi connectivity index (χ1) is 12.8. The van der Waals surface area contributed by atoms with Gasteiger partial charge in [0, 0.05) is 54.6 Å². The minimum Gasteiger partial charge on any atom is -0.361 e. The van der Waals surface area contributed by atoms with E-state index >= 15 is 0 Å². The van der Waals surface area contributed by atoms with Crippen molar-refractivity contribution in [2.75, 3.05) is 25.9 Å². The second kappa shape index (κ2) is 9.64.